The van der Waals surface area contributed by atoms with Crippen molar-refractivity contribution >= 4 is 11.8 Å². The molecule has 0 saturated carbocycles. The van der Waals surface area contributed by atoms with Crippen LogP contribution in [0, 0.1) is 0 Å². The summed E-state index contributed by atoms with van der Waals surface area (Å²) in [6.07, 6.45) is 1.43. The molecular formula is C13H16OS. The first-order valence-electron chi connectivity index (χ1n) is 5.24. The third-order valence-corrected chi connectivity index (χ3v) is 4.09. The Morgan fingerprint density at radius 3 is 3.00 bits per heavy atom. The third-order valence-electron chi connectivity index (χ3n) is 2.66. The SMILES string of the molecule is C=C(C)CC(O)C1Cc2ccccc2S1. The van der Waals surface area contributed by atoms with Gasteiger partial charge in [0.05, 0.1) is 6.10 Å². The number of benzene rings is 1. The van der Waals surface area contributed by atoms with E-state index < -0.39 is 0 Å². The third kappa shape index (κ3) is 2.44. The number of hydrogen-bond donors (Lipinski definition) is 1. The van der Waals surface area contributed by atoms with Crippen LogP contribution >= 0.6 is 11.8 Å². The van der Waals surface area contributed by atoms with Gasteiger partial charge in [-0.1, -0.05) is 23.8 Å². The van der Waals surface area contributed by atoms with Crippen LogP contribution in [0.3, 0.4) is 0 Å². The summed E-state index contributed by atoms with van der Waals surface area (Å²) in [5, 5.41) is 10.3. The van der Waals surface area contributed by atoms with Gasteiger partial charge in [-0.3, -0.25) is 0 Å². The molecule has 15 heavy (non-hydrogen) atoms. The number of thioether (sulfide) groups is 1. The molecule has 2 unspecified atom stereocenters. The van der Waals surface area contributed by atoms with E-state index in [-0.39, 0.29) is 6.10 Å². The predicted molar refractivity (Wildman–Crippen MR) is 65.2 cm³/mol. The Labute approximate surface area is 95.2 Å². The van der Waals surface area contributed by atoms with Crippen LogP contribution in [-0.4, -0.2) is 16.5 Å². The maximum atomic E-state index is 10.0. The molecule has 1 aromatic rings. The molecule has 1 aliphatic rings. The van der Waals surface area contributed by atoms with Gasteiger partial charge >= 0.3 is 0 Å². The van der Waals surface area contributed by atoms with Crippen LogP contribution in [0.15, 0.2) is 41.3 Å². The second kappa shape index (κ2) is 4.42. The molecule has 0 spiro atoms. The number of aliphatic hydroxyl groups is 1. The average molecular weight is 220 g/mol. The fraction of sp³-hybridized carbons (Fsp3) is 0.385. The van der Waals surface area contributed by atoms with Crippen molar-refractivity contribution in [3.8, 4) is 0 Å². The molecule has 2 heteroatoms. The van der Waals surface area contributed by atoms with Crippen molar-refractivity contribution in [1.82, 2.24) is 0 Å². The summed E-state index contributed by atoms with van der Waals surface area (Å²) in [6, 6.07) is 8.40. The largest absolute Gasteiger partial charge is 0.392 e. The lowest BCUT2D eigenvalue weighted by atomic mass is 10.0. The van der Waals surface area contributed by atoms with E-state index in [1.807, 2.05) is 6.92 Å². The molecule has 0 bridgehead atoms. The van der Waals surface area contributed by atoms with Gasteiger partial charge in [-0.05, 0) is 31.4 Å². The van der Waals surface area contributed by atoms with Crippen molar-refractivity contribution < 1.29 is 5.11 Å². The van der Waals surface area contributed by atoms with E-state index in [4.69, 9.17) is 0 Å². The van der Waals surface area contributed by atoms with Gasteiger partial charge in [-0.15, -0.1) is 18.3 Å². The van der Waals surface area contributed by atoms with Gasteiger partial charge in [0.15, 0.2) is 0 Å². The molecule has 1 N–H and O–H groups in total. The van der Waals surface area contributed by atoms with Crippen molar-refractivity contribution in [2.75, 3.05) is 0 Å². The average Bonchev–Trinajstić information content (AvgIpc) is 2.59. The number of aliphatic hydroxyl groups excluding tert-OH is 1. The standard InChI is InChI=1S/C13H16OS/c1-9(2)7-11(14)13-8-10-5-3-4-6-12(10)15-13/h3-6,11,13-14H,1,7-8H2,2H3. The first-order chi connectivity index (χ1) is 7.16. The van der Waals surface area contributed by atoms with Crippen molar-refractivity contribution in [2.45, 2.75) is 36.0 Å². The van der Waals surface area contributed by atoms with Gasteiger partial charge < -0.3 is 5.11 Å². The van der Waals surface area contributed by atoms with Gasteiger partial charge in [0, 0.05) is 10.1 Å². The number of hydrogen-bond acceptors (Lipinski definition) is 2. The zero-order valence-electron chi connectivity index (χ0n) is 8.94. The van der Waals surface area contributed by atoms with Crippen LogP contribution in [0.25, 0.3) is 0 Å². The molecule has 1 aromatic carbocycles. The van der Waals surface area contributed by atoms with Crippen LogP contribution < -0.4 is 0 Å². The summed E-state index contributed by atoms with van der Waals surface area (Å²) in [5.74, 6) is 0. The fourth-order valence-corrected chi connectivity index (χ4v) is 3.21. The van der Waals surface area contributed by atoms with Crippen LogP contribution in [0.1, 0.15) is 18.9 Å². The molecule has 1 aliphatic heterocycles. The summed E-state index contributed by atoms with van der Waals surface area (Å²) in [7, 11) is 0. The lowest BCUT2D eigenvalue weighted by molar-refractivity contribution is 0.172. The predicted octanol–water partition coefficient (Wildman–Crippen LogP) is 3.03. The molecule has 0 aliphatic carbocycles. The maximum absolute atomic E-state index is 10.0. The summed E-state index contributed by atoms with van der Waals surface area (Å²) in [4.78, 5) is 1.32. The van der Waals surface area contributed by atoms with Crippen molar-refractivity contribution in [1.29, 1.82) is 0 Å². The topological polar surface area (TPSA) is 20.2 Å². The van der Waals surface area contributed by atoms with Gasteiger partial charge in [-0.25, -0.2) is 0 Å². The Balaban J connectivity index is 2.03. The summed E-state index contributed by atoms with van der Waals surface area (Å²) < 4.78 is 0. The van der Waals surface area contributed by atoms with Gasteiger partial charge in [0.2, 0.25) is 0 Å². The fourth-order valence-electron chi connectivity index (χ4n) is 1.91. The molecule has 0 radical (unpaired) electrons. The molecule has 1 heterocycles. The van der Waals surface area contributed by atoms with Crippen molar-refractivity contribution in [2.24, 2.45) is 0 Å². The normalized spacial score (nSPS) is 21.1. The Morgan fingerprint density at radius 1 is 1.60 bits per heavy atom. The second-order valence-corrected chi connectivity index (χ2v) is 5.48. The van der Waals surface area contributed by atoms with Crippen LogP contribution in [0.5, 0.6) is 0 Å². The van der Waals surface area contributed by atoms with E-state index in [1.165, 1.54) is 10.5 Å². The summed E-state index contributed by atoms with van der Waals surface area (Å²) in [5.41, 5.74) is 2.42. The highest BCUT2D eigenvalue weighted by Crippen LogP contribution is 2.39. The first-order valence-corrected chi connectivity index (χ1v) is 6.12. The molecule has 80 valence electrons. The Bertz CT molecular complexity index is 348. The van der Waals surface area contributed by atoms with E-state index >= 15 is 0 Å². The Hall–Kier alpha value is -0.730. The maximum Gasteiger partial charge on any atom is 0.0702 e. The van der Waals surface area contributed by atoms with E-state index in [0.717, 1.165) is 12.0 Å². The molecule has 0 amide bonds. The number of rotatable bonds is 3. The highest BCUT2D eigenvalue weighted by molar-refractivity contribution is 8.00. The van der Waals surface area contributed by atoms with Gasteiger partial charge in [0.25, 0.3) is 0 Å². The molecule has 0 fully saturated rings. The van der Waals surface area contributed by atoms with Gasteiger partial charge in [0.1, 0.15) is 0 Å². The molecule has 0 saturated heterocycles. The minimum atomic E-state index is -0.264. The lowest BCUT2D eigenvalue weighted by Crippen LogP contribution is -2.22. The van der Waals surface area contributed by atoms with E-state index in [1.54, 1.807) is 11.8 Å². The summed E-state index contributed by atoms with van der Waals surface area (Å²) >= 11 is 1.80. The molecule has 1 nitrogen and oxygen atoms in total. The summed E-state index contributed by atoms with van der Waals surface area (Å²) in [6.45, 7) is 5.81. The quantitative estimate of drug-likeness (QED) is 0.790. The van der Waals surface area contributed by atoms with E-state index in [0.29, 0.717) is 11.7 Å². The monoisotopic (exact) mass is 220 g/mol. The molecule has 0 aromatic heterocycles. The van der Waals surface area contributed by atoms with Crippen molar-refractivity contribution in [3.05, 3.63) is 42.0 Å². The zero-order chi connectivity index (χ0) is 10.8. The minimum absolute atomic E-state index is 0.264. The Kier molecular flexibility index (Phi) is 3.17. The van der Waals surface area contributed by atoms with Gasteiger partial charge in [-0.2, -0.15) is 0 Å². The molecular weight excluding hydrogens is 204 g/mol. The second-order valence-electron chi connectivity index (χ2n) is 4.20. The molecule has 2 atom stereocenters. The number of fused-ring (bicyclic) bond motifs is 1. The van der Waals surface area contributed by atoms with Crippen LogP contribution in [0.2, 0.25) is 0 Å². The zero-order valence-corrected chi connectivity index (χ0v) is 9.76. The minimum Gasteiger partial charge on any atom is -0.392 e. The Morgan fingerprint density at radius 2 is 2.33 bits per heavy atom. The highest BCUT2D eigenvalue weighted by atomic mass is 32.2. The first kappa shape index (κ1) is 10.8. The van der Waals surface area contributed by atoms with Crippen LogP contribution in [-0.2, 0) is 6.42 Å². The highest BCUT2D eigenvalue weighted by Gasteiger charge is 2.27. The smallest absolute Gasteiger partial charge is 0.0702 e. The van der Waals surface area contributed by atoms with Crippen LogP contribution in [0.4, 0.5) is 0 Å². The lowest BCUT2D eigenvalue weighted by Gasteiger charge is -2.16. The van der Waals surface area contributed by atoms with Crippen molar-refractivity contribution in [3.63, 3.8) is 0 Å². The van der Waals surface area contributed by atoms with E-state index in [9.17, 15) is 5.11 Å². The molecule has 2 rings (SSSR count). The van der Waals surface area contributed by atoms with E-state index in [2.05, 4.69) is 30.8 Å².